The van der Waals surface area contributed by atoms with Crippen LogP contribution in [-0.2, 0) is 32.0 Å². The Bertz CT molecular complexity index is 1270. The van der Waals surface area contributed by atoms with Gasteiger partial charge in [0.2, 0.25) is 5.16 Å². The summed E-state index contributed by atoms with van der Waals surface area (Å²) in [5.41, 5.74) is 1.23. The van der Waals surface area contributed by atoms with E-state index in [9.17, 15) is 23.1 Å². The standard InChI is InChI=1S/C17H17N7O6S4/c25-14-12(19-11(31)4-9-2-1-3-18-5-9)15-24(14)13(16(26)27)10(6-32-15)7-33-17-20-21-22-23(17)8-34(28,29)30/h1-3,5,12,15H,4,6-8H2,(H,19,31)(H,26,27)(H,28,29,30)/t12?,15-/m1/s1. The highest BCUT2D eigenvalue weighted by Gasteiger charge is 2.53. The average Bonchev–Trinajstić information content (AvgIpc) is 3.21. The molecular formula is C17H17N7O6S4. The van der Waals surface area contributed by atoms with E-state index < -0.39 is 39.3 Å². The number of hydrogen-bond donors (Lipinski definition) is 3. The fraction of sp³-hybridized carbons (Fsp3) is 0.353. The van der Waals surface area contributed by atoms with Crippen molar-refractivity contribution in [2.24, 2.45) is 0 Å². The summed E-state index contributed by atoms with van der Waals surface area (Å²) in [4.78, 5) is 30.6. The number of tetrazole rings is 1. The lowest BCUT2D eigenvalue weighted by Crippen LogP contribution is -2.70. The largest absolute Gasteiger partial charge is 0.477 e. The van der Waals surface area contributed by atoms with Gasteiger partial charge in [0.1, 0.15) is 17.1 Å². The minimum atomic E-state index is -4.36. The SMILES string of the molecule is O=C(O)C1=C(CSc2nnnn2CS(=O)(=O)O)CS[C@@H]2C(NC(=S)Cc3cccnc3)C(=O)N12. The van der Waals surface area contributed by atoms with E-state index in [1.54, 1.807) is 18.5 Å². The topological polar surface area (TPSA) is 180 Å². The first-order chi connectivity index (χ1) is 16.1. The van der Waals surface area contributed by atoms with Crippen LogP contribution in [0.15, 0.2) is 41.0 Å². The molecule has 1 saturated heterocycles. The molecule has 0 aliphatic carbocycles. The first-order valence-corrected chi connectivity index (χ1v) is 13.6. The van der Waals surface area contributed by atoms with Crippen LogP contribution in [0.25, 0.3) is 0 Å². The van der Waals surface area contributed by atoms with Crippen LogP contribution in [0.4, 0.5) is 0 Å². The summed E-state index contributed by atoms with van der Waals surface area (Å²) < 4.78 is 32.1. The maximum atomic E-state index is 12.8. The van der Waals surface area contributed by atoms with E-state index in [-0.39, 0.29) is 16.6 Å². The summed E-state index contributed by atoms with van der Waals surface area (Å²) in [6, 6.07) is 3.02. The zero-order chi connectivity index (χ0) is 24.5. The maximum Gasteiger partial charge on any atom is 0.352 e. The smallest absolute Gasteiger partial charge is 0.352 e. The van der Waals surface area contributed by atoms with Crippen LogP contribution >= 0.6 is 35.7 Å². The molecule has 13 nitrogen and oxygen atoms in total. The molecule has 2 aromatic heterocycles. The number of aliphatic carboxylic acids is 1. The van der Waals surface area contributed by atoms with Gasteiger partial charge in [-0.2, -0.15) is 8.42 Å². The van der Waals surface area contributed by atoms with Crippen LogP contribution in [0.1, 0.15) is 5.56 Å². The molecule has 0 radical (unpaired) electrons. The number of rotatable bonds is 9. The third-order valence-electron chi connectivity index (χ3n) is 4.81. The molecule has 17 heteroatoms. The molecule has 34 heavy (non-hydrogen) atoms. The van der Waals surface area contributed by atoms with Crippen molar-refractivity contribution < 1.29 is 27.7 Å². The van der Waals surface area contributed by atoms with E-state index in [4.69, 9.17) is 16.8 Å². The van der Waals surface area contributed by atoms with Gasteiger partial charge in [0, 0.05) is 30.3 Å². The van der Waals surface area contributed by atoms with Crippen molar-refractivity contribution in [2.45, 2.75) is 28.9 Å². The summed E-state index contributed by atoms with van der Waals surface area (Å²) in [6.45, 7) is 0. The quantitative estimate of drug-likeness (QED) is 0.163. The van der Waals surface area contributed by atoms with Crippen molar-refractivity contribution >= 4 is 62.7 Å². The highest BCUT2D eigenvalue weighted by atomic mass is 32.2. The predicted molar refractivity (Wildman–Crippen MR) is 125 cm³/mol. The minimum Gasteiger partial charge on any atom is -0.477 e. The number of carboxylic acids is 1. The number of thioether (sulfide) groups is 2. The molecule has 4 rings (SSSR count). The van der Waals surface area contributed by atoms with Gasteiger partial charge >= 0.3 is 5.97 Å². The molecule has 0 bridgehead atoms. The zero-order valence-corrected chi connectivity index (χ0v) is 20.4. The number of thiocarbonyl (C=S) groups is 1. The molecule has 180 valence electrons. The Labute approximate surface area is 207 Å². The Morgan fingerprint density at radius 3 is 2.88 bits per heavy atom. The molecule has 3 N–H and O–H groups in total. The van der Waals surface area contributed by atoms with Crippen molar-refractivity contribution in [3.05, 3.63) is 41.4 Å². The minimum absolute atomic E-state index is 0.0808. The molecule has 2 aromatic rings. The average molecular weight is 544 g/mol. The summed E-state index contributed by atoms with van der Waals surface area (Å²) in [7, 11) is -4.36. The number of carbonyl (C=O) groups is 2. The van der Waals surface area contributed by atoms with Gasteiger partial charge in [-0.1, -0.05) is 30.0 Å². The van der Waals surface area contributed by atoms with E-state index >= 15 is 0 Å². The Hall–Kier alpha value is -2.60. The first-order valence-electron chi connectivity index (χ1n) is 9.56. The molecular weight excluding hydrogens is 526 g/mol. The third kappa shape index (κ3) is 5.38. The van der Waals surface area contributed by atoms with Gasteiger partial charge in [0.05, 0.1) is 4.99 Å². The van der Waals surface area contributed by atoms with Crippen LogP contribution in [0, 0.1) is 0 Å². The number of hydrogen-bond acceptors (Lipinski definition) is 11. The van der Waals surface area contributed by atoms with Crippen molar-refractivity contribution in [1.29, 1.82) is 0 Å². The van der Waals surface area contributed by atoms with Crippen LogP contribution < -0.4 is 5.32 Å². The fourth-order valence-electron chi connectivity index (χ4n) is 3.39. The van der Waals surface area contributed by atoms with Gasteiger partial charge in [-0.05, 0) is 27.6 Å². The molecule has 0 aromatic carbocycles. The molecule has 2 atom stereocenters. The fourth-order valence-corrected chi connectivity index (χ4v) is 6.61. The Morgan fingerprint density at radius 2 is 2.21 bits per heavy atom. The number of nitrogens with one attached hydrogen (secondary N) is 1. The van der Waals surface area contributed by atoms with Gasteiger partial charge in [0.25, 0.3) is 16.0 Å². The van der Waals surface area contributed by atoms with E-state index in [0.29, 0.717) is 22.7 Å². The lowest BCUT2D eigenvalue weighted by molar-refractivity contribution is -0.148. The molecule has 0 saturated carbocycles. The van der Waals surface area contributed by atoms with Crippen LogP contribution in [0.2, 0.25) is 0 Å². The molecule has 4 heterocycles. The third-order valence-corrected chi connectivity index (χ3v) is 8.03. The monoisotopic (exact) mass is 543 g/mol. The summed E-state index contributed by atoms with van der Waals surface area (Å²) >= 11 is 7.76. The molecule has 0 spiro atoms. The first kappa shape index (κ1) is 24.5. The molecule has 2 aliphatic heterocycles. The number of β-lactam (4-membered cyclic amide) rings is 1. The lowest BCUT2D eigenvalue weighted by Gasteiger charge is -2.49. The highest BCUT2D eigenvalue weighted by molar-refractivity contribution is 8.01. The number of nitrogens with zero attached hydrogens (tertiary/aromatic N) is 6. The van der Waals surface area contributed by atoms with Crippen LogP contribution in [0.3, 0.4) is 0 Å². The highest BCUT2D eigenvalue weighted by Crippen LogP contribution is 2.41. The number of pyridine rings is 1. The Balaban J connectivity index is 1.44. The van der Waals surface area contributed by atoms with Gasteiger partial charge < -0.3 is 10.4 Å². The summed E-state index contributed by atoms with van der Waals surface area (Å²) in [5, 5.41) is 23.1. The van der Waals surface area contributed by atoms with Crippen molar-refractivity contribution in [3.63, 3.8) is 0 Å². The summed E-state index contributed by atoms with van der Waals surface area (Å²) in [5.74, 6) is -2.05. The van der Waals surface area contributed by atoms with Gasteiger partial charge in [0.15, 0.2) is 5.88 Å². The second kappa shape index (κ2) is 9.95. The zero-order valence-electron chi connectivity index (χ0n) is 17.1. The predicted octanol–water partition coefficient (Wildman–Crippen LogP) is -0.212. The molecule has 1 unspecified atom stereocenters. The second-order valence-corrected chi connectivity index (χ2v) is 11.2. The van der Waals surface area contributed by atoms with Crippen molar-refractivity contribution in [3.8, 4) is 0 Å². The van der Waals surface area contributed by atoms with E-state index in [1.807, 2.05) is 6.07 Å². The Morgan fingerprint density at radius 1 is 1.41 bits per heavy atom. The molecule has 1 fully saturated rings. The molecule has 1 amide bonds. The lowest BCUT2D eigenvalue weighted by atomic mass is 10.0. The van der Waals surface area contributed by atoms with E-state index in [1.165, 1.54) is 16.7 Å². The number of fused-ring (bicyclic) bond motifs is 1. The van der Waals surface area contributed by atoms with Crippen molar-refractivity contribution in [1.82, 2.24) is 35.4 Å². The number of aromatic nitrogens is 5. The number of amides is 1. The van der Waals surface area contributed by atoms with Crippen LogP contribution in [0.5, 0.6) is 0 Å². The second-order valence-electron chi connectivity index (χ2n) is 7.21. The van der Waals surface area contributed by atoms with Gasteiger partial charge in [-0.15, -0.1) is 16.9 Å². The normalized spacial score (nSPS) is 20.0. The molecule has 2 aliphatic rings. The Kier molecular flexibility index (Phi) is 7.17. The van der Waals surface area contributed by atoms with Gasteiger partial charge in [-0.3, -0.25) is 19.2 Å². The number of carboxylic acid groups (broad SMARTS) is 1. The summed E-state index contributed by atoms with van der Waals surface area (Å²) in [6.07, 6.45) is 3.74. The number of carbonyl (C=O) groups excluding carboxylic acids is 1. The maximum absolute atomic E-state index is 12.8. The van der Waals surface area contributed by atoms with Gasteiger partial charge in [-0.25, -0.2) is 9.48 Å². The van der Waals surface area contributed by atoms with Crippen molar-refractivity contribution in [2.75, 3.05) is 11.5 Å². The van der Waals surface area contributed by atoms with E-state index in [0.717, 1.165) is 22.0 Å². The van der Waals surface area contributed by atoms with Crippen LogP contribution in [-0.4, -0.2) is 88.0 Å². The van der Waals surface area contributed by atoms with E-state index in [2.05, 4.69) is 25.8 Å².